The molecule has 0 saturated heterocycles. The molecule has 0 bridgehead atoms. The van der Waals surface area contributed by atoms with Crippen molar-refractivity contribution in [3.05, 3.63) is 54.2 Å². The van der Waals surface area contributed by atoms with Gasteiger partial charge in [-0.15, -0.1) is 0 Å². The average Bonchev–Trinajstić information content (AvgIpc) is 2.47. The van der Waals surface area contributed by atoms with Crippen LogP contribution in [-0.2, 0) is 10.0 Å². The van der Waals surface area contributed by atoms with Crippen LogP contribution >= 0.6 is 0 Å². The van der Waals surface area contributed by atoms with Gasteiger partial charge in [0.05, 0.1) is 4.90 Å². The molecule has 0 aliphatic carbocycles. The van der Waals surface area contributed by atoms with Crippen molar-refractivity contribution >= 4 is 21.7 Å². The first-order valence-electron chi connectivity index (χ1n) is 6.73. The van der Waals surface area contributed by atoms with Crippen LogP contribution < -0.4 is 10.0 Å². The van der Waals surface area contributed by atoms with Crippen molar-refractivity contribution in [3.8, 4) is 0 Å². The largest absolute Gasteiger partial charge is 0.307 e. The minimum Gasteiger partial charge on any atom is -0.307 e. The van der Waals surface area contributed by atoms with E-state index in [1.807, 2.05) is 0 Å². The Morgan fingerprint density at radius 3 is 2.32 bits per heavy atom. The summed E-state index contributed by atoms with van der Waals surface area (Å²) in [4.78, 5) is 16.2. The number of carbonyl (C=O) groups excluding carboxylic acids is 1. The van der Waals surface area contributed by atoms with Gasteiger partial charge >= 0.3 is 0 Å². The number of sulfonamides is 1. The molecule has 0 unspecified atom stereocenters. The Morgan fingerprint density at radius 2 is 1.77 bits per heavy atom. The Morgan fingerprint density at radius 1 is 1.09 bits per heavy atom. The lowest BCUT2D eigenvalue weighted by molar-refractivity contribution is 0.102. The van der Waals surface area contributed by atoms with E-state index in [-0.39, 0.29) is 16.8 Å². The minimum absolute atomic E-state index is 0.121. The Labute approximate surface area is 129 Å². The maximum atomic E-state index is 12.0. The van der Waals surface area contributed by atoms with E-state index in [4.69, 9.17) is 0 Å². The number of amides is 1. The molecule has 0 spiro atoms. The van der Waals surface area contributed by atoms with Gasteiger partial charge in [-0.25, -0.2) is 18.1 Å². The topological polar surface area (TPSA) is 88.2 Å². The number of hydrogen-bond donors (Lipinski definition) is 2. The standard InChI is InChI=1S/C15H17N3O3S/c1-11(2)18-22(20,21)13-8-6-12(7-9-13)15(19)17-14-5-3-4-10-16-14/h3-11,18H,1-2H3,(H,16,17,19). The van der Waals surface area contributed by atoms with Gasteiger partial charge in [0.25, 0.3) is 5.91 Å². The van der Waals surface area contributed by atoms with Crippen LogP contribution in [0.25, 0.3) is 0 Å². The van der Waals surface area contributed by atoms with Crippen LogP contribution in [0.3, 0.4) is 0 Å². The predicted molar refractivity (Wildman–Crippen MR) is 84.1 cm³/mol. The molecule has 1 aromatic carbocycles. The fourth-order valence-electron chi connectivity index (χ4n) is 1.79. The van der Waals surface area contributed by atoms with Crippen molar-refractivity contribution in [1.82, 2.24) is 9.71 Å². The van der Waals surface area contributed by atoms with Gasteiger partial charge in [0.2, 0.25) is 10.0 Å². The molecule has 116 valence electrons. The maximum Gasteiger partial charge on any atom is 0.256 e. The number of pyridine rings is 1. The summed E-state index contributed by atoms with van der Waals surface area (Å²) in [5, 5.41) is 2.63. The predicted octanol–water partition coefficient (Wildman–Crippen LogP) is 2.02. The van der Waals surface area contributed by atoms with Gasteiger partial charge in [-0.05, 0) is 50.2 Å². The highest BCUT2D eigenvalue weighted by Gasteiger charge is 2.16. The quantitative estimate of drug-likeness (QED) is 0.882. The number of aromatic nitrogens is 1. The first kappa shape index (κ1) is 16.1. The average molecular weight is 319 g/mol. The molecule has 0 radical (unpaired) electrons. The number of anilines is 1. The fourth-order valence-corrected chi connectivity index (χ4v) is 3.04. The number of nitrogens with zero attached hydrogens (tertiary/aromatic N) is 1. The van der Waals surface area contributed by atoms with Crippen molar-refractivity contribution in [1.29, 1.82) is 0 Å². The molecule has 6 nitrogen and oxygen atoms in total. The highest BCUT2D eigenvalue weighted by molar-refractivity contribution is 7.89. The third kappa shape index (κ3) is 4.12. The molecule has 0 aliphatic rings. The summed E-state index contributed by atoms with van der Waals surface area (Å²) in [5.41, 5.74) is 0.356. The molecule has 0 saturated carbocycles. The molecule has 0 fully saturated rings. The summed E-state index contributed by atoms with van der Waals surface area (Å²) in [6.45, 7) is 3.48. The first-order valence-corrected chi connectivity index (χ1v) is 8.21. The van der Waals surface area contributed by atoms with Gasteiger partial charge < -0.3 is 5.32 Å². The Balaban J connectivity index is 2.13. The summed E-state index contributed by atoms with van der Waals surface area (Å²) in [5.74, 6) is 0.0881. The van der Waals surface area contributed by atoms with Crippen LogP contribution in [0.5, 0.6) is 0 Å². The zero-order valence-electron chi connectivity index (χ0n) is 12.3. The molecule has 2 aromatic rings. The number of carbonyl (C=O) groups is 1. The lowest BCUT2D eigenvalue weighted by Gasteiger charge is -2.10. The normalized spacial score (nSPS) is 11.4. The van der Waals surface area contributed by atoms with Crippen molar-refractivity contribution in [2.45, 2.75) is 24.8 Å². The van der Waals surface area contributed by atoms with Crippen LogP contribution in [0.15, 0.2) is 53.6 Å². The summed E-state index contributed by atoms with van der Waals surface area (Å²) in [6, 6.07) is 10.7. The van der Waals surface area contributed by atoms with E-state index in [2.05, 4.69) is 15.0 Å². The Kier molecular flexibility index (Phi) is 4.89. The molecule has 0 aliphatic heterocycles. The van der Waals surface area contributed by atoms with Gasteiger partial charge in [-0.3, -0.25) is 4.79 Å². The second-order valence-electron chi connectivity index (χ2n) is 4.97. The van der Waals surface area contributed by atoms with Crippen LogP contribution in [0.4, 0.5) is 5.82 Å². The zero-order chi connectivity index (χ0) is 16.2. The van der Waals surface area contributed by atoms with Gasteiger partial charge in [-0.2, -0.15) is 0 Å². The lowest BCUT2D eigenvalue weighted by atomic mass is 10.2. The van der Waals surface area contributed by atoms with E-state index in [1.165, 1.54) is 24.3 Å². The third-order valence-corrected chi connectivity index (χ3v) is 4.40. The van der Waals surface area contributed by atoms with Gasteiger partial charge in [0, 0.05) is 17.8 Å². The molecule has 1 heterocycles. The molecule has 7 heteroatoms. The summed E-state index contributed by atoms with van der Waals surface area (Å²) in [7, 11) is -3.55. The van der Waals surface area contributed by atoms with Crippen molar-refractivity contribution in [3.63, 3.8) is 0 Å². The lowest BCUT2D eigenvalue weighted by Crippen LogP contribution is -2.30. The van der Waals surface area contributed by atoms with Crippen LogP contribution in [0.1, 0.15) is 24.2 Å². The van der Waals surface area contributed by atoms with Crippen LogP contribution in [0.2, 0.25) is 0 Å². The summed E-state index contributed by atoms with van der Waals surface area (Å²) >= 11 is 0. The second kappa shape index (κ2) is 6.67. The smallest absolute Gasteiger partial charge is 0.256 e. The molecular formula is C15H17N3O3S. The molecule has 0 atom stereocenters. The van der Waals surface area contributed by atoms with E-state index in [9.17, 15) is 13.2 Å². The third-order valence-electron chi connectivity index (χ3n) is 2.72. The van der Waals surface area contributed by atoms with E-state index in [0.29, 0.717) is 11.4 Å². The van der Waals surface area contributed by atoms with Gasteiger partial charge in [0.1, 0.15) is 5.82 Å². The van der Waals surface area contributed by atoms with E-state index < -0.39 is 10.0 Å². The molecule has 2 N–H and O–H groups in total. The second-order valence-corrected chi connectivity index (χ2v) is 6.68. The Bertz CT molecular complexity index is 741. The highest BCUT2D eigenvalue weighted by Crippen LogP contribution is 2.12. The Hall–Kier alpha value is -2.25. The fraction of sp³-hybridized carbons (Fsp3) is 0.200. The molecule has 1 aromatic heterocycles. The van der Waals surface area contributed by atoms with Crippen LogP contribution in [0, 0.1) is 0 Å². The van der Waals surface area contributed by atoms with Gasteiger partial charge in [-0.1, -0.05) is 6.07 Å². The monoisotopic (exact) mass is 319 g/mol. The van der Waals surface area contributed by atoms with Gasteiger partial charge in [0.15, 0.2) is 0 Å². The van der Waals surface area contributed by atoms with E-state index in [1.54, 1.807) is 38.2 Å². The number of rotatable bonds is 5. The summed E-state index contributed by atoms with van der Waals surface area (Å²) in [6.07, 6.45) is 1.57. The molecule has 22 heavy (non-hydrogen) atoms. The number of hydrogen-bond acceptors (Lipinski definition) is 4. The molecule has 1 amide bonds. The van der Waals surface area contributed by atoms with E-state index >= 15 is 0 Å². The summed E-state index contributed by atoms with van der Waals surface area (Å²) < 4.78 is 26.5. The molecular weight excluding hydrogens is 302 g/mol. The first-order chi connectivity index (χ1) is 10.4. The molecule has 2 rings (SSSR count). The van der Waals surface area contributed by atoms with Crippen molar-refractivity contribution < 1.29 is 13.2 Å². The minimum atomic E-state index is -3.55. The highest BCUT2D eigenvalue weighted by atomic mass is 32.2. The maximum absolute atomic E-state index is 12.0. The zero-order valence-corrected chi connectivity index (χ0v) is 13.1. The number of benzene rings is 1. The van der Waals surface area contributed by atoms with E-state index in [0.717, 1.165) is 0 Å². The van der Waals surface area contributed by atoms with Crippen LogP contribution in [-0.4, -0.2) is 25.4 Å². The van der Waals surface area contributed by atoms with Crippen molar-refractivity contribution in [2.24, 2.45) is 0 Å². The SMILES string of the molecule is CC(C)NS(=O)(=O)c1ccc(C(=O)Nc2ccccn2)cc1. The van der Waals surface area contributed by atoms with Crippen molar-refractivity contribution in [2.75, 3.05) is 5.32 Å². The number of nitrogens with one attached hydrogen (secondary N) is 2.